The molecule has 0 radical (unpaired) electrons. The summed E-state index contributed by atoms with van der Waals surface area (Å²) in [5.74, 6) is -1.14. The average Bonchev–Trinajstić information content (AvgIpc) is 2.62. The molecule has 0 spiro atoms. The number of primary amides is 1. The first kappa shape index (κ1) is 10.2. The molecule has 1 amide bonds. The molecule has 0 aliphatic carbocycles. The fraction of sp³-hybridized carbons (Fsp3) is 0.0909. The maximum absolute atomic E-state index is 11.3. The van der Waals surface area contributed by atoms with Crippen molar-refractivity contribution in [2.75, 3.05) is 0 Å². The number of furan rings is 1. The minimum atomic E-state index is -0.745. The fourth-order valence-corrected chi connectivity index (χ4v) is 1.54. The molecule has 0 saturated heterocycles. The number of carbonyl (C=O) groups is 2. The molecule has 82 valence electrons. The van der Waals surface area contributed by atoms with E-state index in [4.69, 9.17) is 10.2 Å². The van der Waals surface area contributed by atoms with E-state index < -0.39 is 5.91 Å². The molecule has 5 heteroatoms. The molecule has 0 atom stereocenters. The van der Waals surface area contributed by atoms with Gasteiger partial charge in [-0.25, -0.2) is 0 Å². The van der Waals surface area contributed by atoms with Crippen molar-refractivity contribution >= 4 is 22.7 Å². The number of ketones is 1. The second-order valence-electron chi connectivity index (χ2n) is 3.41. The van der Waals surface area contributed by atoms with Crippen molar-refractivity contribution < 1.29 is 19.1 Å². The first-order valence-electron chi connectivity index (χ1n) is 4.57. The van der Waals surface area contributed by atoms with Crippen LogP contribution in [-0.4, -0.2) is 16.8 Å². The second-order valence-corrected chi connectivity index (χ2v) is 3.41. The fourth-order valence-electron chi connectivity index (χ4n) is 1.54. The first-order chi connectivity index (χ1) is 7.50. The van der Waals surface area contributed by atoms with E-state index in [9.17, 15) is 14.7 Å². The van der Waals surface area contributed by atoms with Gasteiger partial charge in [0.25, 0.3) is 5.91 Å². The van der Waals surface area contributed by atoms with Crippen molar-refractivity contribution in [3.8, 4) is 5.75 Å². The Morgan fingerprint density at radius 2 is 2.06 bits per heavy atom. The van der Waals surface area contributed by atoms with Gasteiger partial charge in [-0.15, -0.1) is 0 Å². The Bertz CT molecular complexity index is 597. The molecule has 1 aromatic heterocycles. The van der Waals surface area contributed by atoms with Crippen LogP contribution in [0.5, 0.6) is 5.75 Å². The molecule has 0 bridgehead atoms. The van der Waals surface area contributed by atoms with Crippen LogP contribution in [0.4, 0.5) is 0 Å². The summed E-state index contributed by atoms with van der Waals surface area (Å²) < 4.78 is 5.07. The van der Waals surface area contributed by atoms with Gasteiger partial charge in [-0.2, -0.15) is 0 Å². The quantitative estimate of drug-likeness (QED) is 0.747. The van der Waals surface area contributed by atoms with Crippen molar-refractivity contribution in [2.24, 2.45) is 5.73 Å². The standard InChI is InChI=1S/C11H9NO4/c1-5(13)6-2-3-8(14)10-7(6)4-9(16-10)11(12)15/h2-4,14H,1H3,(H2,12,15). The van der Waals surface area contributed by atoms with Crippen LogP contribution in [0, 0.1) is 0 Å². The third-order valence-corrected chi connectivity index (χ3v) is 2.28. The molecule has 5 nitrogen and oxygen atoms in total. The molecule has 0 aliphatic heterocycles. The summed E-state index contributed by atoms with van der Waals surface area (Å²) in [6, 6.07) is 4.17. The number of fused-ring (bicyclic) bond motifs is 1. The van der Waals surface area contributed by atoms with Crippen LogP contribution in [0.3, 0.4) is 0 Å². The lowest BCUT2D eigenvalue weighted by Crippen LogP contribution is -2.09. The van der Waals surface area contributed by atoms with Crippen LogP contribution >= 0.6 is 0 Å². The molecule has 2 rings (SSSR count). The number of phenolic OH excluding ortho intramolecular Hbond substituents is 1. The molecule has 3 N–H and O–H groups in total. The topological polar surface area (TPSA) is 93.5 Å². The van der Waals surface area contributed by atoms with Gasteiger partial charge in [0, 0.05) is 10.9 Å². The average molecular weight is 219 g/mol. The Balaban J connectivity index is 2.82. The number of hydrogen-bond donors (Lipinski definition) is 2. The van der Waals surface area contributed by atoms with Crippen molar-refractivity contribution in [3.63, 3.8) is 0 Å². The van der Waals surface area contributed by atoms with E-state index in [-0.39, 0.29) is 22.9 Å². The Morgan fingerprint density at radius 1 is 1.38 bits per heavy atom. The smallest absolute Gasteiger partial charge is 0.284 e. The minimum Gasteiger partial charge on any atom is -0.504 e. The summed E-state index contributed by atoms with van der Waals surface area (Å²) >= 11 is 0. The van der Waals surface area contributed by atoms with Gasteiger partial charge >= 0.3 is 0 Å². The Hall–Kier alpha value is -2.30. The predicted molar refractivity (Wildman–Crippen MR) is 56.4 cm³/mol. The van der Waals surface area contributed by atoms with Gasteiger partial charge in [0.15, 0.2) is 22.9 Å². The summed E-state index contributed by atoms with van der Waals surface area (Å²) in [4.78, 5) is 22.2. The molecular formula is C11H9NO4. The highest BCUT2D eigenvalue weighted by Gasteiger charge is 2.16. The van der Waals surface area contributed by atoms with E-state index in [1.807, 2.05) is 0 Å². The first-order valence-corrected chi connectivity index (χ1v) is 4.57. The maximum atomic E-state index is 11.3. The van der Waals surface area contributed by atoms with Crippen molar-refractivity contribution in [2.45, 2.75) is 6.92 Å². The zero-order chi connectivity index (χ0) is 11.9. The number of rotatable bonds is 2. The molecule has 1 heterocycles. The number of carbonyl (C=O) groups excluding carboxylic acids is 2. The van der Waals surface area contributed by atoms with Gasteiger partial charge in [0.05, 0.1) is 0 Å². The van der Waals surface area contributed by atoms with Crippen LogP contribution < -0.4 is 5.73 Å². The zero-order valence-electron chi connectivity index (χ0n) is 8.48. The summed E-state index contributed by atoms with van der Waals surface area (Å²) in [5.41, 5.74) is 5.53. The lowest BCUT2D eigenvalue weighted by Gasteiger charge is -1.98. The van der Waals surface area contributed by atoms with Crippen LogP contribution in [-0.2, 0) is 0 Å². The van der Waals surface area contributed by atoms with Crippen LogP contribution in [0.1, 0.15) is 27.8 Å². The Labute approximate surface area is 90.5 Å². The Kier molecular flexibility index (Phi) is 2.16. The lowest BCUT2D eigenvalue weighted by molar-refractivity contribution is 0.0974. The summed E-state index contributed by atoms with van der Waals surface area (Å²) in [6.45, 7) is 1.39. The number of nitrogens with two attached hydrogens (primary N) is 1. The van der Waals surface area contributed by atoms with Crippen molar-refractivity contribution in [1.29, 1.82) is 0 Å². The lowest BCUT2D eigenvalue weighted by atomic mass is 10.1. The van der Waals surface area contributed by atoms with Gasteiger partial charge in [-0.3, -0.25) is 9.59 Å². The summed E-state index contributed by atoms with van der Waals surface area (Å²) in [6.07, 6.45) is 0. The molecular weight excluding hydrogens is 210 g/mol. The van der Waals surface area contributed by atoms with Crippen LogP contribution in [0.2, 0.25) is 0 Å². The second kappa shape index (κ2) is 3.37. The molecule has 0 saturated carbocycles. The highest BCUT2D eigenvalue weighted by atomic mass is 16.4. The third kappa shape index (κ3) is 1.42. The zero-order valence-corrected chi connectivity index (χ0v) is 8.48. The minimum absolute atomic E-state index is 0.0843. The van der Waals surface area contributed by atoms with E-state index in [0.717, 1.165) is 0 Å². The number of hydrogen-bond acceptors (Lipinski definition) is 4. The molecule has 2 aromatic rings. The predicted octanol–water partition coefficient (Wildman–Crippen LogP) is 1.44. The Morgan fingerprint density at radius 3 is 2.62 bits per heavy atom. The van der Waals surface area contributed by atoms with E-state index >= 15 is 0 Å². The number of phenols is 1. The normalized spacial score (nSPS) is 10.6. The van der Waals surface area contributed by atoms with Gasteiger partial charge in [0.1, 0.15) is 0 Å². The van der Waals surface area contributed by atoms with Crippen molar-refractivity contribution in [3.05, 3.63) is 29.5 Å². The highest BCUT2D eigenvalue weighted by molar-refractivity contribution is 6.09. The number of aromatic hydroxyl groups is 1. The monoisotopic (exact) mass is 219 g/mol. The van der Waals surface area contributed by atoms with Gasteiger partial charge < -0.3 is 15.3 Å². The number of benzene rings is 1. The number of Topliss-reactive ketones (excluding diaryl/α,β-unsaturated/α-hetero) is 1. The number of amides is 1. The van der Waals surface area contributed by atoms with E-state index in [1.165, 1.54) is 25.1 Å². The van der Waals surface area contributed by atoms with Crippen LogP contribution in [0.25, 0.3) is 11.0 Å². The van der Waals surface area contributed by atoms with Crippen molar-refractivity contribution in [1.82, 2.24) is 0 Å². The van der Waals surface area contributed by atoms with Gasteiger partial charge in [-0.1, -0.05) is 0 Å². The molecule has 0 aliphatic rings. The summed E-state index contributed by atoms with van der Waals surface area (Å²) in [5, 5.41) is 9.91. The third-order valence-electron chi connectivity index (χ3n) is 2.28. The van der Waals surface area contributed by atoms with Crippen LogP contribution in [0.15, 0.2) is 22.6 Å². The highest BCUT2D eigenvalue weighted by Crippen LogP contribution is 2.30. The van der Waals surface area contributed by atoms with E-state index in [2.05, 4.69) is 0 Å². The van der Waals surface area contributed by atoms with Gasteiger partial charge in [0.2, 0.25) is 0 Å². The molecule has 16 heavy (non-hydrogen) atoms. The largest absolute Gasteiger partial charge is 0.504 e. The van der Waals surface area contributed by atoms with Gasteiger partial charge in [-0.05, 0) is 25.1 Å². The SMILES string of the molecule is CC(=O)c1ccc(O)c2oc(C(N)=O)cc12. The molecule has 0 unspecified atom stereocenters. The van der Waals surface area contributed by atoms with E-state index in [1.54, 1.807) is 0 Å². The molecule has 0 fully saturated rings. The van der Waals surface area contributed by atoms with E-state index in [0.29, 0.717) is 10.9 Å². The molecule has 1 aromatic carbocycles. The maximum Gasteiger partial charge on any atom is 0.284 e. The summed E-state index contributed by atoms with van der Waals surface area (Å²) in [7, 11) is 0.